The number of ether oxygens (including phenoxy) is 1. The number of carbonyl (C=O) groups excluding carboxylic acids is 1. The summed E-state index contributed by atoms with van der Waals surface area (Å²) in [5, 5.41) is 9.68. The molecule has 3 rings (SSSR count). The van der Waals surface area contributed by atoms with Crippen molar-refractivity contribution in [2.75, 3.05) is 13.1 Å². The van der Waals surface area contributed by atoms with Crippen LogP contribution in [0.15, 0.2) is 48.5 Å². The van der Waals surface area contributed by atoms with E-state index < -0.39 is 11.7 Å². The minimum atomic E-state index is -0.922. The summed E-state index contributed by atoms with van der Waals surface area (Å²) < 4.78 is 5.69. The van der Waals surface area contributed by atoms with E-state index in [1.54, 1.807) is 6.07 Å². The molecule has 140 valence electrons. The molecule has 1 atom stereocenters. The average Bonchev–Trinajstić information content (AvgIpc) is 3.07. The van der Waals surface area contributed by atoms with Gasteiger partial charge < -0.3 is 10.5 Å². The number of likely N-dealkylation sites (tertiary alicyclic amines) is 1. The average molecular weight is 363 g/mol. The van der Waals surface area contributed by atoms with Crippen LogP contribution in [-0.4, -0.2) is 29.6 Å². The molecule has 1 fully saturated rings. The maximum absolute atomic E-state index is 11.7. The number of amides is 1. The third kappa shape index (κ3) is 3.81. The molecule has 1 aliphatic rings. The zero-order chi connectivity index (χ0) is 19.7. The first-order valence-electron chi connectivity index (χ1n) is 9.09. The fraction of sp³-hybridized carbons (Fsp3) is 0.364. The van der Waals surface area contributed by atoms with Gasteiger partial charge in [-0.05, 0) is 44.0 Å². The molecule has 0 unspecified atom stereocenters. The molecule has 2 aromatic rings. The lowest BCUT2D eigenvalue weighted by Gasteiger charge is -2.35. The van der Waals surface area contributed by atoms with E-state index in [2.05, 4.69) is 31.7 Å². The van der Waals surface area contributed by atoms with Crippen LogP contribution in [0.2, 0.25) is 0 Å². The second-order valence-corrected chi connectivity index (χ2v) is 8.00. The molecule has 1 amide bonds. The normalized spacial score (nSPS) is 20.2. The fourth-order valence-corrected chi connectivity index (χ4v) is 3.73. The zero-order valence-electron chi connectivity index (χ0n) is 16.0. The van der Waals surface area contributed by atoms with Crippen molar-refractivity contribution in [3.63, 3.8) is 0 Å². The minimum Gasteiger partial charge on any atom is -0.437 e. The van der Waals surface area contributed by atoms with Gasteiger partial charge in [-0.1, -0.05) is 36.4 Å². The first-order chi connectivity index (χ1) is 12.7. The Morgan fingerprint density at radius 2 is 1.89 bits per heavy atom. The van der Waals surface area contributed by atoms with Gasteiger partial charge in [0.05, 0.1) is 11.6 Å². The Hall–Kier alpha value is -2.84. The lowest BCUT2D eigenvalue weighted by Crippen LogP contribution is -2.44. The molecule has 0 spiro atoms. The summed E-state index contributed by atoms with van der Waals surface area (Å²) >= 11 is 0. The molecule has 5 nitrogen and oxygen atoms in total. The topological polar surface area (TPSA) is 79.3 Å². The highest BCUT2D eigenvalue weighted by Crippen LogP contribution is 2.41. The number of rotatable bonds is 3. The number of benzene rings is 2. The first kappa shape index (κ1) is 18.9. The van der Waals surface area contributed by atoms with Gasteiger partial charge in [0.25, 0.3) is 0 Å². The van der Waals surface area contributed by atoms with Gasteiger partial charge in [0.1, 0.15) is 0 Å². The summed E-state index contributed by atoms with van der Waals surface area (Å²) in [6.45, 7) is 7.64. The molecule has 0 aliphatic carbocycles. The Morgan fingerprint density at radius 1 is 1.19 bits per heavy atom. The van der Waals surface area contributed by atoms with Gasteiger partial charge in [0.2, 0.25) is 0 Å². The van der Waals surface area contributed by atoms with Crippen LogP contribution >= 0.6 is 0 Å². The van der Waals surface area contributed by atoms with Crippen LogP contribution < -0.4 is 5.73 Å². The molecule has 1 heterocycles. The van der Waals surface area contributed by atoms with Crippen molar-refractivity contribution in [3.8, 4) is 17.2 Å². The van der Waals surface area contributed by atoms with Crippen molar-refractivity contribution in [2.24, 2.45) is 5.73 Å². The molecular formula is C22H25N3O2. The quantitative estimate of drug-likeness (QED) is 0.893. The molecule has 0 radical (unpaired) electrons. The molecule has 0 aromatic heterocycles. The third-order valence-electron chi connectivity index (χ3n) is 5.21. The van der Waals surface area contributed by atoms with Crippen molar-refractivity contribution < 1.29 is 9.53 Å². The molecular weight excluding hydrogens is 338 g/mol. The smallest absolute Gasteiger partial charge is 0.405 e. The summed E-state index contributed by atoms with van der Waals surface area (Å²) in [5.74, 6) is 0. The lowest BCUT2D eigenvalue weighted by molar-refractivity contribution is 0.0114. The van der Waals surface area contributed by atoms with Crippen molar-refractivity contribution in [3.05, 3.63) is 59.7 Å². The van der Waals surface area contributed by atoms with Gasteiger partial charge in [-0.3, -0.25) is 4.90 Å². The Labute approximate surface area is 160 Å². The molecule has 2 aromatic carbocycles. The summed E-state index contributed by atoms with van der Waals surface area (Å²) in [6.07, 6.45) is -0.222. The Kier molecular flexibility index (Phi) is 4.95. The van der Waals surface area contributed by atoms with Crippen molar-refractivity contribution in [1.82, 2.24) is 4.90 Å². The van der Waals surface area contributed by atoms with Crippen LogP contribution in [0.5, 0.6) is 0 Å². The van der Waals surface area contributed by atoms with Crippen molar-refractivity contribution in [1.29, 1.82) is 5.26 Å². The monoisotopic (exact) mass is 363 g/mol. The predicted molar refractivity (Wildman–Crippen MR) is 105 cm³/mol. The molecule has 1 aliphatic heterocycles. The molecule has 0 bridgehead atoms. The standard InChI is InChI=1S/C22H25N3O2/c1-21(2,3)25-12-11-22(15-25,27-20(24)26)19-13-17(9-10-18(19)14-23)16-7-5-4-6-8-16/h4-10,13H,11-12,15H2,1-3H3,(H2,24,26)/t22-/m1/s1. The highest BCUT2D eigenvalue weighted by Gasteiger charge is 2.47. The second-order valence-electron chi connectivity index (χ2n) is 8.00. The summed E-state index contributed by atoms with van der Waals surface area (Å²) in [7, 11) is 0. The van der Waals surface area contributed by atoms with E-state index in [0.717, 1.165) is 23.2 Å². The highest BCUT2D eigenvalue weighted by molar-refractivity contribution is 5.69. The third-order valence-corrected chi connectivity index (χ3v) is 5.21. The van der Waals surface area contributed by atoms with Gasteiger partial charge >= 0.3 is 6.09 Å². The van der Waals surface area contributed by atoms with Gasteiger partial charge in [-0.25, -0.2) is 4.79 Å². The maximum atomic E-state index is 11.7. The minimum absolute atomic E-state index is 0.0768. The van der Waals surface area contributed by atoms with Crippen LogP contribution in [0.1, 0.15) is 38.3 Å². The molecule has 1 saturated heterocycles. The number of nitrogens with two attached hydrogens (primary N) is 1. The molecule has 2 N–H and O–H groups in total. The number of hydrogen-bond donors (Lipinski definition) is 1. The van der Waals surface area contributed by atoms with E-state index in [1.165, 1.54) is 0 Å². The number of nitrogens with zero attached hydrogens (tertiary/aromatic N) is 2. The van der Waals surface area contributed by atoms with Crippen molar-refractivity contribution >= 4 is 6.09 Å². The van der Waals surface area contributed by atoms with Gasteiger partial charge in [0, 0.05) is 30.6 Å². The Morgan fingerprint density at radius 3 is 2.44 bits per heavy atom. The first-order valence-corrected chi connectivity index (χ1v) is 9.09. The summed E-state index contributed by atoms with van der Waals surface area (Å²) in [4.78, 5) is 14.0. The van der Waals surface area contributed by atoms with Gasteiger partial charge in [-0.2, -0.15) is 5.26 Å². The van der Waals surface area contributed by atoms with Gasteiger partial charge in [0.15, 0.2) is 5.60 Å². The van der Waals surface area contributed by atoms with E-state index in [4.69, 9.17) is 10.5 Å². The fourth-order valence-electron chi connectivity index (χ4n) is 3.73. The maximum Gasteiger partial charge on any atom is 0.405 e. The SMILES string of the molecule is CC(C)(C)N1CC[C@](OC(N)=O)(c2cc(-c3ccccc3)ccc2C#N)C1. The number of hydrogen-bond acceptors (Lipinski definition) is 4. The van der Waals surface area contributed by atoms with E-state index in [-0.39, 0.29) is 5.54 Å². The number of carbonyl (C=O) groups is 1. The number of nitriles is 1. The largest absolute Gasteiger partial charge is 0.437 e. The second kappa shape index (κ2) is 7.05. The Bertz CT molecular complexity index is 881. The van der Waals surface area contributed by atoms with Crippen molar-refractivity contribution in [2.45, 2.75) is 38.3 Å². The van der Waals surface area contributed by atoms with Gasteiger partial charge in [-0.15, -0.1) is 0 Å². The van der Waals surface area contributed by atoms with Crippen LogP contribution in [0.25, 0.3) is 11.1 Å². The zero-order valence-corrected chi connectivity index (χ0v) is 16.0. The van der Waals surface area contributed by atoms with E-state index in [0.29, 0.717) is 18.5 Å². The van der Waals surface area contributed by atoms with E-state index in [1.807, 2.05) is 42.5 Å². The molecule has 5 heteroatoms. The van der Waals surface area contributed by atoms with Crippen LogP contribution in [0, 0.1) is 11.3 Å². The predicted octanol–water partition coefficient (Wildman–Crippen LogP) is 4.02. The molecule has 27 heavy (non-hydrogen) atoms. The molecule has 0 saturated carbocycles. The summed E-state index contributed by atoms with van der Waals surface area (Å²) in [6, 6.07) is 17.9. The van der Waals surface area contributed by atoms with E-state index >= 15 is 0 Å². The summed E-state index contributed by atoms with van der Waals surface area (Å²) in [5.41, 5.74) is 7.68. The highest BCUT2D eigenvalue weighted by atomic mass is 16.6. The van der Waals surface area contributed by atoms with Crippen LogP contribution in [-0.2, 0) is 10.3 Å². The lowest BCUT2D eigenvalue weighted by atomic mass is 9.86. The Balaban J connectivity index is 2.12. The van der Waals surface area contributed by atoms with Crippen LogP contribution in [0.3, 0.4) is 0 Å². The number of primary amides is 1. The van der Waals surface area contributed by atoms with Crippen LogP contribution in [0.4, 0.5) is 4.79 Å². The van der Waals surface area contributed by atoms with E-state index in [9.17, 15) is 10.1 Å².